The zero-order chi connectivity index (χ0) is 14.5. The molecule has 0 radical (unpaired) electrons. The van der Waals surface area contributed by atoms with Gasteiger partial charge >= 0.3 is 0 Å². The summed E-state index contributed by atoms with van der Waals surface area (Å²) in [6, 6.07) is 5.53. The van der Waals surface area contributed by atoms with Crippen molar-refractivity contribution in [3.8, 4) is 5.75 Å². The van der Waals surface area contributed by atoms with Crippen LogP contribution in [0, 0.1) is 6.92 Å². The maximum Gasteiger partial charge on any atom is 0.148 e. The summed E-state index contributed by atoms with van der Waals surface area (Å²) in [6.45, 7) is 2.37. The van der Waals surface area contributed by atoms with Crippen LogP contribution in [-0.4, -0.2) is 17.1 Å². The average molecular weight is 294 g/mol. The first-order valence-corrected chi connectivity index (χ1v) is 6.38. The zero-order valence-electron chi connectivity index (χ0n) is 11.3. The van der Waals surface area contributed by atoms with Crippen molar-refractivity contribution in [3.05, 3.63) is 40.7 Å². The number of nitrogens with two attached hydrogens (primary N) is 1. The van der Waals surface area contributed by atoms with E-state index in [0.29, 0.717) is 23.2 Å². The minimum Gasteiger partial charge on any atom is -0.496 e. The number of halogens is 1. The highest BCUT2D eigenvalue weighted by Crippen LogP contribution is 2.27. The number of rotatable bonds is 5. The normalized spacial score (nSPS) is 10.2. The first-order chi connectivity index (χ1) is 9.67. The first-order valence-electron chi connectivity index (χ1n) is 6.00. The lowest BCUT2D eigenvalue weighted by Crippen LogP contribution is -2.13. The van der Waals surface area contributed by atoms with E-state index in [1.807, 2.05) is 25.1 Å². The first kappa shape index (κ1) is 14.4. The molecule has 4 N–H and O–H groups in total. The fraction of sp³-hybridized carbons (Fsp3) is 0.231. The number of nitrogen functional groups attached to an aromatic ring is 1. The van der Waals surface area contributed by atoms with Crippen molar-refractivity contribution in [2.45, 2.75) is 13.5 Å². The molecule has 7 heteroatoms. The van der Waals surface area contributed by atoms with Gasteiger partial charge in [0.1, 0.15) is 23.7 Å². The summed E-state index contributed by atoms with van der Waals surface area (Å²) >= 11 is 6.19. The highest BCUT2D eigenvalue weighted by atomic mass is 35.5. The van der Waals surface area contributed by atoms with E-state index in [0.717, 1.165) is 16.9 Å². The van der Waals surface area contributed by atoms with Crippen molar-refractivity contribution < 1.29 is 4.74 Å². The van der Waals surface area contributed by atoms with Crippen LogP contribution in [0.2, 0.25) is 5.02 Å². The minimum absolute atomic E-state index is 0.491. The molecule has 20 heavy (non-hydrogen) atoms. The van der Waals surface area contributed by atoms with E-state index in [1.54, 1.807) is 7.11 Å². The summed E-state index contributed by atoms with van der Waals surface area (Å²) in [7, 11) is 1.61. The molecule has 0 atom stereocenters. The van der Waals surface area contributed by atoms with Crippen LogP contribution in [0.3, 0.4) is 0 Å². The molecule has 0 bridgehead atoms. The Kier molecular flexibility index (Phi) is 4.60. The maximum absolute atomic E-state index is 6.19. The summed E-state index contributed by atoms with van der Waals surface area (Å²) in [6.07, 6.45) is 1.44. The molecule has 1 aromatic heterocycles. The van der Waals surface area contributed by atoms with E-state index in [9.17, 15) is 0 Å². The van der Waals surface area contributed by atoms with Gasteiger partial charge in [-0.3, -0.25) is 0 Å². The molecule has 0 aliphatic rings. The van der Waals surface area contributed by atoms with Gasteiger partial charge in [0.05, 0.1) is 7.11 Å². The number of ether oxygens (including phenoxy) is 1. The molecule has 0 saturated carbocycles. The Morgan fingerprint density at radius 1 is 1.30 bits per heavy atom. The van der Waals surface area contributed by atoms with Crippen molar-refractivity contribution in [3.63, 3.8) is 0 Å². The fourth-order valence-corrected chi connectivity index (χ4v) is 2.08. The zero-order valence-corrected chi connectivity index (χ0v) is 12.0. The molecule has 0 aliphatic carbocycles. The average Bonchev–Trinajstić information content (AvgIpc) is 2.47. The van der Waals surface area contributed by atoms with Gasteiger partial charge < -0.3 is 15.5 Å². The second kappa shape index (κ2) is 6.40. The molecule has 0 saturated heterocycles. The van der Waals surface area contributed by atoms with Crippen molar-refractivity contribution in [1.29, 1.82) is 0 Å². The maximum atomic E-state index is 6.19. The third-order valence-corrected chi connectivity index (χ3v) is 3.30. The highest BCUT2D eigenvalue weighted by Gasteiger charge is 2.10. The topological polar surface area (TPSA) is 85.1 Å². The van der Waals surface area contributed by atoms with Crippen LogP contribution in [0.5, 0.6) is 5.75 Å². The van der Waals surface area contributed by atoms with Crippen molar-refractivity contribution >= 4 is 23.2 Å². The Labute approximate surface area is 122 Å². The Hall–Kier alpha value is -2.05. The highest BCUT2D eigenvalue weighted by molar-refractivity contribution is 6.31. The molecule has 1 heterocycles. The molecular formula is C13H16ClN5O. The number of hydrogen-bond acceptors (Lipinski definition) is 6. The van der Waals surface area contributed by atoms with Gasteiger partial charge in [0.15, 0.2) is 0 Å². The van der Waals surface area contributed by atoms with Gasteiger partial charge in [-0.1, -0.05) is 17.7 Å². The van der Waals surface area contributed by atoms with E-state index in [4.69, 9.17) is 22.2 Å². The fourth-order valence-electron chi connectivity index (χ4n) is 1.85. The third kappa shape index (κ3) is 2.92. The molecule has 1 aromatic carbocycles. The van der Waals surface area contributed by atoms with Gasteiger partial charge in [-0.25, -0.2) is 15.8 Å². The number of methoxy groups -OCH3 is 1. The molecule has 0 aliphatic heterocycles. The molecule has 0 fully saturated rings. The molecule has 2 rings (SSSR count). The SMILES string of the molecule is COc1cccc(Cl)c1CNc1ncnc(NN)c1C. The van der Waals surface area contributed by atoms with E-state index in [1.165, 1.54) is 6.33 Å². The van der Waals surface area contributed by atoms with Gasteiger partial charge in [0.25, 0.3) is 0 Å². The summed E-state index contributed by atoms with van der Waals surface area (Å²) in [5, 5.41) is 3.85. The van der Waals surface area contributed by atoms with E-state index >= 15 is 0 Å². The Morgan fingerprint density at radius 3 is 2.75 bits per heavy atom. The van der Waals surface area contributed by atoms with Gasteiger partial charge in [0, 0.05) is 22.7 Å². The van der Waals surface area contributed by atoms with Crippen LogP contribution in [0.25, 0.3) is 0 Å². The summed E-state index contributed by atoms with van der Waals surface area (Å²) < 4.78 is 5.30. The van der Waals surface area contributed by atoms with E-state index < -0.39 is 0 Å². The quantitative estimate of drug-likeness (QED) is 0.579. The van der Waals surface area contributed by atoms with E-state index in [2.05, 4.69) is 20.7 Å². The summed E-state index contributed by atoms with van der Waals surface area (Å²) in [4.78, 5) is 8.21. The lowest BCUT2D eigenvalue weighted by Gasteiger charge is -2.14. The largest absolute Gasteiger partial charge is 0.496 e. The molecule has 0 amide bonds. The minimum atomic E-state index is 0.491. The number of aromatic nitrogens is 2. The summed E-state index contributed by atoms with van der Waals surface area (Å²) in [5.41, 5.74) is 4.23. The standard InChI is InChI=1S/C13H16ClN5O/c1-8-12(17-7-18-13(8)19-15)16-6-9-10(14)4-3-5-11(9)20-2/h3-5,7H,6,15H2,1-2H3,(H2,16,17,18,19). The third-order valence-electron chi connectivity index (χ3n) is 2.95. The second-order valence-electron chi connectivity index (χ2n) is 4.11. The number of anilines is 2. The van der Waals surface area contributed by atoms with Crippen molar-refractivity contribution in [1.82, 2.24) is 9.97 Å². The lowest BCUT2D eigenvalue weighted by molar-refractivity contribution is 0.410. The monoisotopic (exact) mass is 293 g/mol. The van der Waals surface area contributed by atoms with Crippen molar-refractivity contribution in [2.75, 3.05) is 17.9 Å². The number of nitrogens with zero attached hydrogens (tertiary/aromatic N) is 2. The molecule has 0 spiro atoms. The predicted octanol–water partition coefficient (Wildman–Crippen LogP) is 2.34. The van der Waals surface area contributed by atoms with Gasteiger partial charge in [-0.05, 0) is 19.1 Å². The smallest absolute Gasteiger partial charge is 0.148 e. The summed E-state index contributed by atoms with van der Waals surface area (Å²) in [5.74, 6) is 7.39. The molecule has 2 aromatic rings. The molecule has 0 unspecified atom stereocenters. The Bertz CT molecular complexity index is 605. The van der Waals surface area contributed by atoms with Crippen LogP contribution in [0.4, 0.5) is 11.6 Å². The molecule has 6 nitrogen and oxygen atoms in total. The van der Waals surface area contributed by atoms with Crippen LogP contribution < -0.4 is 21.3 Å². The lowest BCUT2D eigenvalue weighted by atomic mass is 10.2. The molecular weight excluding hydrogens is 278 g/mol. The van der Waals surface area contributed by atoms with Crippen LogP contribution >= 0.6 is 11.6 Å². The van der Waals surface area contributed by atoms with Gasteiger partial charge in [0.2, 0.25) is 0 Å². The number of hydrazine groups is 1. The van der Waals surface area contributed by atoms with Crippen LogP contribution in [-0.2, 0) is 6.54 Å². The Balaban J connectivity index is 2.21. The van der Waals surface area contributed by atoms with Crippen molar-refractivity contribution in [2.24, 2.45) is 5.84 Å². The number of hydrogen-bond donors (Lipinski definition) is 3. The van der Waals surface area contributed by atoms with E-state index in [-0.39, 0.29) is 0 Å². The molecule has 106 valence electrons. The number of nitrogens with one attached hydrogen (secondary N) is 2. The predicted molar refractivity (Wildman–Crippen MR) is 79.9 cm³/mol. The van der Waals surface area contributed by atoms with Crippen LogP contribution in [0.1, 0.15) is 11.1 Å². The Morgan fingerprint density at radius 2 is 2.05 bits per heavy atom. The van der Waals surface area contributed by atoms with Crippen LogP contribution in [0.15, 0.2) is 24.5 Å². The second-order valence-corrected chi connectivity index (χ2v) is 4.52. The number of benzene rings is 1. The van der Waals surface area contributed by atoms with Gasteiger partial charge in [-0.2, -0.15) is 0 Å². The van der Waals surface area contributed by atoms with Gasteiger partial charge in [-0.15, -0.1) is 0 Å².